The number of hydrogen-bond donors (Lipinski definition) is 1. The van der Waals surface area contributed by atoms with Gasteiger partial charge in [0.15, 0.2) is 10.8 Å². The Morgan fingerprint density at radius 2 is 1.81 bits per heavy atom. The third kappa shape index (κ3) is 3.81. The summed E-state index contributed by atoms with van der Waals surface area (Å²) in [6.45, 7) is 6.57. The third-order valence-electron chi connectivity index (χ3n) is 3.98. The van der Waals surface area contributed by atoms with Gasteiger partial charge >= 0.3 is 0 Å². The molecule has 0 fully saturated rings. The Hall–Kier alpha value is -2.18. The van der Waals surface area contributed by atoms with E-state index in [9.17, 15) is 0 Å². The minimum absolute atomic E-state index is 0.120. The fraction of sp³-hybridized carbons (Fsp3) is 0.263. The van der Waals surface area contributed by atoms with Crippen molar-refractivity contribution in [2.24, 2.45) is 0 Å². The number of anilines is 1. The van der Waals surface area contributed by atoms with Crippen LogP contribution in [0.3, 0.4) is 0 Å². The van der Waals surface area contributed by atoms with E-state index >= 15 is 0 Å². The maximum atomic E-state index is 6.27. The summed E-state index contributed by atoms with van der Waals surface area (Å²) >= 11 is 7.57. The molecule has 0 aliphatic heterocycles. The molecule has 0 bridgehead atoms. The van der Waals surface area contributed by atoms with Crippen LogP contribution in [0, 0.1) is 0 Å². The van der Waals surface area contributed by atoms with E-state index in [-0.39, 0.29) is 5.41 Å². The van der Waals surface area contributed by atoms with Crippen molar-refractivity contribution in [1.82, 2.24) is 15.0 Å². The average molecular weight is 389 g/mol. The second-order valence-corrected chi connectivity index (χ2v) is 8.38. The van der Waals surface area contributed by atoms with Crippen molar-refractivity contribution in [2.75, 3.05) is 12.8 Å². The highest BCUT2D eigenvalue weighted by molar-refractivity contribution is 7.99. The zero-order valence-corrected chi connectivity index (χ0v) is 16.7. The number of benzene rings is 2. The monoisotopic (exact) mass is 388 g/mol. The van der Waals surface area contributed by atoms with Crippen molar-refractivity contribution in [1.29, 1.82) is 0 Å². The summed E-state index contributed by atoms with van der Waals surface area (Å²) in [4.78, 5) is 1.05. The molecule has 0 aliphatic carbocycles. The van der Waals surface area contributed by atoms with Crippen molar-refractivity contribution in [3.63, 3.8) is 0 Å². The Morgan fingerprint density at radius 3 is 2.42 bits per heavy atom. The van der Waals surface area contributed by atoms with Gasteiger partial charge in [0.1, 0.15) is 11.4 Å². The SMILES string of the molecule is COc1ccc(Cl)cc1-n1nnc(Sc2ccc(C(C)(C)C)cc2)c1N. The average Bonchev–Trinajstić information content (AvgIpc) is 2.95. The van der Waals surface area contributed by atoms with Crippen molar-refractivity contribution in [2.45, 2.75) is 36.1 Å². The van der Waals surface area contributed by atoms with Gasteiger partial charge in [0, 0.05) is 9.92 Å². The van der Waals surface area contributed by atoms with Crippen molar-refractivity contribution >= 4 is 29.2 Å². The van der Waals surface area contributed by atoms with Gasteiger partial charge in [0.25, 0.3) is 0 Å². The molecule has 1 heterocycles. The van der Waals surface area contributed by atoms with E-state index in [2.05, 4.69) is 55.3 Å². The molecule has 2 aromatic carbocycles. The Bertz CT molecular complexity index is 916. The lowest BCUT2D eigenvalue weighted by Crippen LogP contribution is -2.10. The largest absolute Gasteiger partial charge is 0.494 e. The fourth-order valence-electron chi connectivity index (χ4n) is 2.49. The van der Waals surface area contributed by atoms with Gasteiger partial charge in [-0.2, -0.15) is 4.68 Å². The van der Waals surface area contributed by atoms with E-state index in [1.54, 1.807) is 25.3 Å². The minimum Gasteiger partial charge on any atom is -0.494 e. The lowest BCUT2D eigenvalue weighted by atomic mass is 9.87. The molecule has 0 amide bonds. The second kappa shape index (κ2) is 7.21. The highest BCUT2D eigenvalue weighted by Gasteiger charge is 2.17. The van der Waals surface area contributed by atoms with Crippen LogP contribution >= 0.6 is 23.4 Å². The first-order valence-electron chi connectivity index (χ1n) is 8.13. The second-order valence-electron chi connectivity index (χ2n) is 6.88. The zero-order chi connectivity index (χ0) is 18.9. The van der Waals surface area contributed by atoms with E-state index in [1.165, 1.54) is 22.0 Å². The number of hydrogen-bond acceptors (Lipinski definition) is 5. The van der Waals surface area contributed by atoms with Crippen LogP contribution in [-0.2, 0) is 5.41 Å². The molecular formula is C19H21ClN4OS. The van der Waals surface area contributed by atoms with Crippen LogP contribution in [0.2, 0.25) is 5.02 Å². The van der Waals surface area contributed by atoms with Crippen molar-refractivity contribution < 1.29 is 4.74 Å². The molecular weight excluding hydrogens is 368 g/mol. The van der Waals surface area contributed by atoms with Crippen LogP contribution in [-0.4, -0.2) is 22.1 Å². The fourth-order valence-corrected chi connectivity index (χ4v) is 3.42. The number of aromatic nitrogens is 3. The molecule has 5 nitrogen and oxygen atoms in total. The van der Waals surface area contributed by atoms with E-state index in [0.29, 0.717) is 27.3 Å². The third-order valence-corrected chi connectivity index (χ3v) is 5.20. The summed E-state index contributed by atoms with van der Waals surface area (Å²) in [5, 5.41) is 9.59. The topological polar surface area (TPSA) is 66.0 Å². The molecule has 0 radical (unpaired) electrons. The molecule has 0 saturated carbocycles. The molecule has 0 unspecified atom stereocenters. The summed E-state index contributed by atoms with van der Waals surface area (Å²) in [5.41, 5.74) is 8.33. The lowest BCUT2D eigenvalue weighted by Gasteiger charge is -2.18. The Morgan fingerprint density at radius 1 is 1.12 bits per heavy atom. The summed E-state index contributed by atoms with van der Waals surface area (Å²) in [5.74, 6) is 1.06. The van der Waals surface area contributed by atoms with Crippen molar-refractivity contribution in [3.8, 4) is 11.4 Å². The number of nitrogen functional groups attached to an aromatic ring is 1. The van der Waals surface area contributed by atoms with E-state index in [0.717, 1.165) is 4.90 Å². The van der Waals surface area contributed by atoms with Crippen LogP contribution in [0.5, 0.6) is 5.75 Å². The first-order valence-corrected chi connectivity index (χ1v) is 9.32. The first-order chi connectivity index (χ1) is 12.3. The van der Waals surface area contributed by atoms with Gasteiger partial charge in [-0.1, -0.05) is 61.5 Å². The summed E-state index contributed by atoms with van der Waals surface area (Å²) in [6.07, 6.45) is 0. The number of halogens is 1. The quantitative estimate of drug-likeness (QED) is 0.684. The smallest absolute Gasteiger partial charge is 0.167 e. The van der Waals surface area contributed by atoms with Crippen LogP contribution in [0.1, 0.15) is 26.3 Å². The highest BCUT2D eigenvalue weighted by Crippen LogP contribution is 2.35. The maximum absolute atomic E-state index is 6.27. The van der Waals surface area contributed by atoms with Gasteiger partial charge in [-0.3, -0.25) is 0 Å². The Labute approximate surface area is 162 Å². The van der Waals surface area contributed by atoms with Crippen molar-refractivity contribution in [3.05, 3.63) is 53.1 Å². The first kappa shape index (κ1) is 18.6. The van der Waals surface area contributed by atoms with Gasteiger partial charge in [0.2, 0.25) is 0 Å². The van der Waals surface area contributed by atoms with Gasteiger partial charge in [0.05, 0.1) is 7.11 Å². The van der Waals surface area contributed by atoms with E-state index in [4.69, 9.17) is 22.1 Å². The minimum atomic E-state index is 0.120. The van der Waals surface area contributed by atoms with E-state index in [1.807, 2.05) is 0 Å². The number of methoxy groups -OCH3 is 1. The number of rotatable bonds is 4. The predicted octanol–water partition coefficient (Wildman–Crippen LogP) is 4.96. The van der Waals surface area contributed by atoms with Crippen LogP contribution in [0.15, 0.2) is 52.4 Å². The predicted molar refractivity (Wildman–Crippen MR) is 107 cm³/mol. The number of nitrogens with zero attached hydrogens (tertiary/aromatic N) is 3. The lowest BCUT2D eigenvalue weighted by molar-refractivity contribution is 0.411. The van der Waals surface area contributed by atoms with Gasteiger partial charge in [-0.25, -0.2) is 0 Å². The normalized spacial score (nSPS) is 11.6. The van der Waals surface area contributed by atoms with E-state index < -0.39 is 0 Å². The van der Waals surface area contributed by atoms with Crippen LogP contribution in [0.4, 0.5) is 5.82 Å². The zero-order valence-electron chi connectivity index (χ0n) is 15.2. The molecule has 0 atom stereocenters. The molecule has 7 heteroatoms. The summed E-state index contributed by atoms with van der Waals surface area (Å²) < 4.78 is 6.91. The van der Waals surface area contributed by atoms with Gasteiger partial charge in [-0.15, -0.1) is 5.10 Å². The Balaban J connectivity index is 1.89. The molecule has 26 heavy (non-hydrogen) atoms. The summed E-state index contributed by atoms with van der Waals surface area (Å²) in [6, 6.07) is 13.7. The van der Waals surface area contributed by atoms with Gasteiger partial charge < -0.3 is 10.5 Å². The highest BCUT2D eigenvalue weighted by atomic mass is 35.5. The molecule has 0 spiro atoms. The molecule has 3 aromatic rings. The van der Waals surface area contributed by atoms with Crippen LogP contribution < -0.4 is 10.5 Å². The molecule has 0 aliphatic rings. The molecule has 136 valence electrons. The van der Waals surface area contributed by atoms with Crippen LogP contribution in [0.25, 0.3) is 5.69 Å². The Kier molecular flexibility index (Phi) is 5.16. The standard InChI is InChI=1S/C19H21ClN4OS/c1-19(2,3)12-5-8-14(9-6-12)26-18-17(21)24(23-22-18)15-11-13(20)7-10-16(15)25-4/h5-11H,21H2,1-4H3. The molecule has 1 aromatic heterocycles. The number of ether oxygens (including phenoxy) is 1. The molecule has 3 rings (SSSR count). The van der Waals surface area contributed by atoms with Gasteiger partial charge in [-0.05, 0) is 41.3 Å². The molecule has 2 N–H and O–H groups in total. The maximum Gasteiger partial charge on any atom is 0.167 e. The molecule has 0 saturated heterocycles. The number of nitrogens with two attached hydrogens (primary N) is 1. The summed E-state index contributed by atoms with van der Waals surface area (Å²) in [7, 11) is 1.59.